The van der Waals surface area contributed by atoms with Crippen molar-refractivity contribution >= 4 is 38.9 Å². The van der Waals surface area contributed by atoms with Crippen LogP contribution >= 0.6 is 11.6 Å². The first-order valence-electron chi connectivity index (χ1n) is 9.09. The minimum atomic E-state index is -4.07. The van der Waals surface area contributed by atoms with Gasteiger partial charge in [0.1, 0.15) is 12.3 Å². The molecule has 3 aromatic rings. The molecule has 6 nitrogen and oxygen atoms in total. The normalized spacial score (nSPS) is 11.0. The van der Waals surface area contributed by atoms with Crippen molar-refractivity contribution in [2.24, 2.45) is 0 Å². The number of anilines is 2. The Labute approximate surface area is 181 Å². The Hall–Kier alpha value is -3.03. The quantitative estimate of drug-likeness (QED) is 0.582. The summed E-state index contributed by atoms with van der Waals surface area (Å²) in [4.78, 5) is 12.8. The highest BCUT2D eigenvalue weighted by atomic mass is 35.5. The molecule has 0 aliphatic carbocycles. The van der Waals surface area contributed by atoms with Gasteiger partial charge in [0.15, 0.2) is 0 Å². The Kier molecular flexibility index (Phi) is 6.64. The van der Waals surface area contributed by atoms with Gasteiger partial charge in [-0.1, -0.05) is 35.9 Å². The summed E-state index contributed by atoms with van der Waals surface area (Å²) in [5, 5.41) is 3.16. The number of carbonyl (C=O) groups excluding carboxylic acids is 1. The SMILES string of the molecule is COc1ccccc1N(CC(=O)Nc1cccc(C)c1)S(=O)(=O)c1ccc(Cl)cc1. The number of methoxy groups -OCH3 is 1. The average Bonchev–Trinajstić information content (AvgIpc) is 2.72. The lowest BCUT2D eigenvalue weighted by atomic mass is 10.2. The van der Waals surface area contributed by atoms with Gasteiger partial charge in [-0.05, 0) is 61.0 Å². The zero-order valence-electron chi connectivity index (χ0n) is 16.5. The number of hydrogen-bond donors (Lipinski definition) is 1. The van der Waals surface area contributed by atoms with Gasteiger partial charge < -0.3 is 10.1 Å². The molecule has 156 valence electrons. The van der Waals surface area contributed by atoms with E-state index in [-0.39, 0.29) is 10.6 Å². The molecule has 0 unspecified atom stereocenters. The summed E-state index contributed by atoms with van der Waals surface area (Å²) in [6.45, 7) is 1.47. The molecule has 3 rings (SSSR count). The van der Waals surface area contributed by atoms with Crippen molar-refractivity contribution in [2.45, 2.75) is 11.8 Å². The number of aryl methyl sites for hydroxylation is 1. The summed E-state index contributed by atoms with van der Waals surface area (Å²) in [5.74, 6) is -0.151. The van der Waals surface area contributed by atoms with Crippen LogP contribution < -0.4 is 14.4 Å². The zero-order valence-corrected chi connectivity index (χ0v) is 18.1. The number of ether oxygens (including phenoxy) is 1. The summed E-state index contributed by atoms with van der Waals surface area (Å²) in [6, 6.07) is 19.7. The number of hydrogen-bond acceptors (Lipinski definition) is 4. The van der Waals surface area contributed by atoms with Gasteiger partial charge in [0, 0.05) is 10.7 Å². The molecule has 3 aromatic carbocycles. The van der Waals surface area contributed by atoms with Crippen molar-refractivity contribution in [3.05, 3.63) is 83.4 Å². The molecule has 0 heterocycles. The zero-order chi connectivity index (χ0) is 21.7. The number of nitrogens with zero attached hydrogens (tertiary/aromatic N) is 1. The van der Waals surface area contributed by atoms with Crippen LogP contribution in [0.15, 0.2) is 77.7 Å². The number of benzene rings is 3. The number of carbonyl (C=O) groups is 1. The first-order chi connectivity index (χ1) is 14.3. The summed E-state index contributed by atoms with van der Waals surface area (Å²) < 4.78 is 33.2. The number of amides is 1. The number of halogens is 1. The van der Waals surface area contributed by atoms with Gasteiger partial charge in [0.2, 0.25) is 5.91 Å². The highest BCUT2D eigenvalue weighted by Gasteiger charge is 2.29. The first kappa shape index (κ1) is 21.7. The molecule has 0 atom stereocenters. The maximum atomic E-state index is 13.4. The molecule has 30 heavy (non-hydrogen) atoms. The smallest absolute Gasteiger partial charge is 0.264 e. The van der Waals surface area contributed by atoms with Crippen LogP contribution in [0.1, 0.15) is 5.56 Å². The summed E-state index contributed by atoms with van der Waals surface area (Å²) in [5.41, 5.74) is 1.82. The molecule has 0 saturated carbocycles. The lowest BCUT2D eigenvalue weighted by Crippen LogP contribution is -2.38. The number of para-hydroxylation sites is 2. The largest absolute Gasteiger partial charge is 0.495 e. The first-order valence-corrected chi connectivity index (χ1v) is 10.9. The predicted molar refractivity (Wildman–Crippen MR) is 119 cm³/mol. The van der Waals surface area contributed by atoms with Crippen molar-refractivity contribution in [2.75, 3.05) is 23.3 Å². The van der Waals surface area contributed by atoms with Gasteiger partial charge in [-0.25, -0.2) is 8.42 Å². The highest BCUT2D eigenvalue weighted by Crippen LogP contribution is 2.32. The fourth-order valence-corrected chi connectivity index (χ4v) is 4.48. The van der Waals surface area contributed by atoms with Crippen LogP contribution in [0.2, 0.25) is 5.02 Å². The molecule has 0 aromatic heterocycles. The predicted octanol–water partition coefficient (Wildman–Crippen LogP) is 4.49. The van der Waals surface area contributed by atoms with E-state index in [0.29, 0.717) is 16.5 Å². The van der Waals surface area contributed by atoms with Gasteiger partial charge in [0.25, 0.3) is 10.0 Å². The fraction of sp³-hybridized carbons (Fsp3) is 0.136. The number of sulfonamides is 1. The third-order valence-corrected chi connectivity index (χ3v) is 6.37. The molecule has 8 heteroatoms. The second-order valence-corrected chi connectivity index (χ2v) is 8.85. The topological polar surface area (TPSA) is 75.7 Å². The third kappa shape index (κ3) is 4.93. The van der Waals surface area contributed by atoms with E-state index in [2.05, 4.69) is 5.32 Å². The lowest BCUT2D eigenvalue weighted by molar-refractivity contribution is -0.114. The van der Waals surface area contributed by atoms with E-state index in [9.17, 15) is 13.2 Å². The summed E-state index contributed by atoms with van der Waals surface area (Å²) in [7, 11) is -2.62. The fourth-order valence-electron chi connectivity index (χ4n) is 2.92. The van der Waals surface area contributed by atoms with E-state index in [1.165, 1.54) is 31.4 Å². The maximum absolute atomic E-state index is 13.4. The van der Waals surface area contributed by atoms with E-state index in [4.69, 9.17) is 16.3 Å². The van der Waals surface area contributed by atoms with Gasteiger partial charge >= 0.3 is 0 Å². The number of rotatable bonds is 7. The Balaban J connectivity index is 1.99. The molecule has 0 aliphatic rings. The van der Waals surface area contributed by atoms with Gasteiger partial charge in [0.05, 0.1) is 17.7 Å². The van der Waals surface area contributed by atoms with Crippen LogP contribution in [0, 0.1) is 6.92 Å². The van der Waals surface area contributed by atoms with Gasteiger partial charge in [-0.2, -0.15) is 0 Å². The van der Waals surface area contributed by atoms with Gasteiger partial charge in [-0.15, -0.1) is 0 Å². The van der Waals surface area contributed by atoms with Crippen LogP contribution in [-0.2, 0) is 14.8 Å². The molecule has 0 saturated heterocycles. The van der Waals surface area contributed by atoms with Crippen LogP contribution in [0.5, 0.6) is 5.75 Å². The standard InChI is InChI=1S/C22H21ClN2O4S/c1-16-6-5-7-18(14-16)24-22(26)15-25(20-8-3-4-9-21(20)29-2)30(27,28)19-12-10-17(23)11-13-19/h3-14H,15H2,1-2H3,(H,24,26). The number of nitrogens with one attached hydrogen (secondary N) is 1. The van der Waals surface area contributed by atoms with E-state index < -0.39 is 22.5 Å². The summed E-state index contributed by atoms with van der Waals surface area (Å²) >= 11 is 5.90. The van der Waals surface area contributed by atoms with E-state index in [1.807, 2.05) is 19.1 Å². The minimum Gasteiger partial charge on any atom is -0.495 e. The molecule has 0 bridgehead atoms. The van der Waals surface area contributed by atoms with Crippen LogP contribution in [0.25, 0.3) is 0 Å². The molecule has 0 fully saturated rings. The second kappa shape index (κ2) is 9.19. The van der Waals surface area contributed by atoms with E-state index in [1.54, 1.807) is 36.4 Å². The summed E-state index contributed by atoms with van der Waals surface area (Å²) in [6.07, 6.45) is 0. The van der Waals surface area contributed by atoms with Gasteiger partial charge in [-0.3, -0.25) is 9.10 Å². The van der Waals surface area contributed by atoms with Crippen molar-refractivity contribution < 1.29 is 17.9 Å². The van der Waals surface area contributed by atoms with Crippen molar-refractivity contribution in [1.29, 1.82) is 0 Å². The van der Waals surface area contributed by atoms with Crippen LogP contribution in [0.3, 0.4) is 0 Å². The lowest BCUT2D eigenvalue weighted by Gasteiger charge is -2.25. The molecule has 1 N–H and O–H groups in total. The maximum Gasteiger partial charge on any atom is 0.264 e. The Morgan fingerprint density at radius 3 is 2.40 bits per heavy atom. The molecular formula is C22H21ClN2O4S. The monoisotopic (exact) mass is 444 g/mol. The third-order valence-electron chi connectivity index (χ3n) is 4.34. The highest BCUT2D eigenvalue weighted by molar-refractivity contribution is 7.92. The molecular weight excluding hydrogens is 424 g/mol. The van der Waals surface area contributed by atoms with Crippen LogP contribution in [-0.4, -0.2) is 28.0 Å². The van der Waals surface area contributed by atoms with Crippen LogP contribution in [0.4, 0.5) is 11.4 Å². The Morgan fingerprint density at radius 1 is 1.03 bits per heavy atom. The minimum absolute atomic E-state index is 0.0150. The van der Waals surface area contributed by atoms with Crippen molar-refractivity contribution in [3.63, 3.8) is 0 Å². The Morgan fingerprint density at radius 2 is 1.73 bits per heavy atom. The average molecular weight is 445 g/mol. The molecule has 0 spiro atoms. The van der Waals surface area contributed by atoms with Crippen molar-refractivity contribution in [1.82, 2.24) is 0 Å². The molecule has 1 amide bonds. The van der Waals surface area contributed by atoms with E-state index in [0.717, 1.165) is 9.87 Å². The molecule has 0 aliphatic heterocycles. The second-order valence-electron chi connectivity index (χ2n) is 6.56. The molecule has 0 radical (unpaired) electrons. The Bertz CT molecular complexity index is 1150. The van der Waals surface area contributed by atoms with E-state index >= 15 is 0 Å². The van der Waals surface area contributed by atoms with Crippen molar-refractivity contribution in [3.8, 4) is 5.75 Å².